The molecule has 0 amide bonds. The number of nitrogens with one attached hydrogen (secondary N) is 1. The van der Waals surface area contributed by atoms with Crippen LogP contribution < -0.4 is 11.2 Å². The molecule has 2 unspecified atom stereocenters. The summed E-state index contributed by atoms with van der Waals surface area (Å²) in [7, 11) is 0. The minimum Gasteiger partial charge on any atom is -0.329 e. The molecule has 94 valence electrons. The standard InChI is InChI=1S/C13H27N3/c1-11-6-5-7-12(2)16(11)15-13(10-14)8-3-4-9-13/h11-12,15H,3-10,14H2,1-2H3. The van der Waals surface area contributed by atoms with E-state index < -0.39 is 0 Å². The summed E-state index contributed by atoms with van der Waals surface area (Å²) in [5.74, 6) is 0. The second-order valence-corrected chi connectivity index (χ2v) is 5.84. The summed E-state index contributed by atoms with van der Waals surface area (Å²) >= 11 is 0. The molecule has 1 heterocycles. The highest BCUT2D eigenvalue weighted by Gasteiger charge is 2.37. The minimum absolute atomic E-state index is 0.208. The van der Waals surface area contributed by atoms with Gasteiger partial charge in [-0.3, -0.25) is 0 Å². The molecule has 16 heavy (non-hydrogen) atoms. The van der Waals surface area contributed by atoms with Gasteiger partial charge in [0.25, 0.3) is 0 Å². The van der Waals surface area contributed by atoms with E-state index in [1.165, 1.54) is 44.9 Å². The van der Waals surface area contributed by atoms with Crippen molar-refractivity contribution in [1.29, 1.82) is 0 Å². The molecule has 1 saturated carbocycles. The molecule has 0 aromatic heterocycles. The lowest BCUT2D eigenvalue weighted by molar-refractivity contribution is 0.00341. The van der Waals surface area contributed by atoms with E-state index in [1.54, 1.807) is 0 Å². The van der Waals surface area contributed by atoms with E-state index >= 15 is 0 Å². The summed E-state index contributed by atoms with van der Waals surface area (Å²) in [5, 5.41) is 2.49. The molecule has 2 fully saturated rings. The van der Waals surface area contributed by atoms with Gasteiger partial charge < -0.3 is 5.73 Å². The summed E-state index contributed by atoms with van der Waals surface area (Å²) in [6.07, 6.45) is 9.17. The van der Waals surface area contributed by atoms with Gasteiger partial charge in [0, 0.05) is 24.2 Å². The fraction of sp³-hybridized carbons (Fsp3) is 1.00. The summed E-state index contributed by atoms with van der Waals surface area (Å²) in [6, 6.07) is 1.32. The van der Waals surface area contributed by atoms with Crippen LogP contribution in [0.2, 0.25) is 0 Å². The number of piperidine rings is 1. The van der Waals surface area contributed by atoms with Gasteiger partial charge in [0.2, 0.25) is 0 Å². The van der Waals surface area contributed by atoms with E-state index in [9.17, 15) is 0 Å². The Morgan fingerprint density at radius 2 is 1.69 bits per heavy atom. The average Bonchev–Trinajstić information content (AvgIpc) is 2.73. The quantitative estimate of drug-likeness (QED) is 0.772. The molecule has 0 radical (unpaired) electrons. The van der Waals surface area contributed by atoms with Gasteiger partial charge in [-0.25, -0.2) is 10.4 Å². The Hall–Kier alpha value is -0.120. The summed E-state index contributed by atoms with van der Waals surface area (Å²) in [6.45, 7) is 5.45. The molecular formula is C13H27N3. The predicted octanol–water partition coefficient (Wildman–Crippen LogP) is 2.03. The van der Waals surface area contributed by atoms with Gasteiger partial charge in [0.05, 0.1) is 0 Å². The van der Waals surface area contributed by atoms with Crippen molar-refractivity contribution in [2.75, 3.05) is 6.54 Å². The third-order valence-corrected chi connectivity index (χ3v) is 4.51. The zero-order valence-electron chi connectivity index (χ0n) is 10.8. The Kier molecular flexibility index (Phi) is 3.88. The largest absolute Gasteiger partial charge is 0.329 e. The second kappa shape index (κ2) is 5.03. The van der Waals surface area contributed by atoms with Crippen LogP contribution in [-0.2, 0) is 0 Å². The third kappa shape index (κ3) is 2.41. The van der Waals surface area contributed by atoms with Crippen LogP contribution in [-0.4, -0.2) is 29.2 Å². The molecular weight excluding hydrogens is 198 g/mol. The molecule has 1 saturated heterocycles. The maximum atomic E-state index is 5.99. The van der Waals surface area contributed by atoms with Gasteiger partial charge in [0.15, 0.2) is 0 Å². The predicted molar refractivity (Wildman–Crippen MR) is 68.0 cm³/mol. The van der Waals surface area contributed by atoms with Crippen molar-refractivity contribution in [3.05, 3.63) is 0 Å². The van der Waals surface area contributed by atoms with E-state index in [2.05, 4.69) is 24.3 Å². The molecule has 1 aliphatic carbocycles. The van der Waals surface area contributed by atoms with Gasteiger partial charge in [-0.05, 0) is 39.5 Å². The molecule has 3 N–H and O–H groups in total. The first-order valence-electron chi connectivity index (χ1n) is 6.93. The zero-order chi connectivity index (χ0) is 11.6. The van der Waals surface area contributed by atoms with Gasteiger partial charge in [-0.1, -0.05) is 19.3 Å². The molecule has 0 bridgehead atoms. The van der Waals surface area contributed by atoms with Crippen LogP contribution in [0.1, 0.15) is 58.8 Å². The van der Waals surface area contributed by atoms with Gasteiger partial charge in [0.1, 0.15) is 0 Å². The van der Waals surface area contributed by atoms with Gasteiger partial charge in [-0.15, -0.1) is 0 Å². The SMILES string of the molecule is CC1CCCC(C)N1NC1(CN)CCCC1. The van der Waals surface area contributed by atoms with Crippen molar-refractivity contribution in [3.63, 3.8) is 0 Å². The molecule has 0 aromatic rings. The fourth-order valence-electron chi connectivity index (χ4n) is 3.33. The molecule has 2 rings (SSSR count). The maximum absolute atomic E-state index is 5.99. The Bertz CT molecular complexity index is 213. The first-order chi connectivity index (χ1) is 7.67. The van der Waals surface area contributed by atoms with Crippen molar-refractivity contribution in [3.8, 4) is 0 Å². The van der Waals surface area contributed by atoms with Crippen LogP contribution in [0.5, 0.6) is 0 Å². The molecule has 1 aliphatic heterocycles. The molecule has 3 heteroatoms. The van der Waals surface area contributed by atoms with Crippen LogP contribution in [0, 0.1) is 0 Å². The maximum Gasteiger partial charge on any atom is 0.0448 e. The highest BCUT2D eigenvalue weighted by atomic mass is 15.6. The van der Waals surface area contributed by atoms with Gasteiger partial charge in [-0.2, -0.15) is 0 Å². The smallest absolute Gasteiger partial charge is 0.0448 e. The first-order valence-corrected chi connectivity index (χ1v) is 6.93. The van der Waals surface area contributed by atoms with E-state index in [0.29, 0.717) is 12.1 Å². The number of hydrogen-bond acceptors (Lipinski definition) is 3. The van der Waals surface area contributed by atoms with Crippen LogP contribution in [0.3, 0.4) is 0 Å². The lowest BCUT2D eigenvalue weighted by atomic mass is 9.96. The topological polar surface area (TPSA) is 41.3 Å². The number of hydrazine groups is 1. The summed E-state index contributed by atoms with van der Waals surface area (Å²) in [4.78, 5) is 0. The Balaban J connectivity index is 2.00. The monoisotopic (exact) mass is 225 g/mol. The number of nitrogens with zero attached hydrogens (tertiary/aromatic N) is 1. The molecule has 0 spiro atoms. The van der Waals surface area contributed by atoms with Crippen LogP contribution in [0.15, 0.2) is 0 Å². The van der Waals surface area contributed by atoms with E-state index in [4.69, 9.17) is 5.73 Å². The van der Waals surface area contributed by atoms with E-state index in [0.717, 1.165) is 6.54 Å². The summed E-state index contributed by atoms with van der Waals surface area (Å²) < 4.78 is 0. The Labute approximate surface area is 99.7 Å². The van der Waals surface area contributed by atoms with E-state index in [-0.39, 0.29) is 5.54 Å². The number of rotatable bonds is 3. The van der Waals surface area contributed by atoms with Crippen LogP contribution >= 0.6 is 0 Å². The Morgan fingerprint density at radius 3 is 2.19 bits per heavy atom. The molecule has 0 aromatic carbocycles. The first kappa shape index (κ1) is 12.3. The third-order valence-electron chi connectivity index (χ3n) is 4.51. The van der Waals surface area contributed by atoms with Crippen molar-refractivity contribution >= 4 is 0 Å². The highest BCUT2D eigenvalue weighted by molar-refractivity contribution is 4.94. The fourth-order valence-corrected chi connectivity index (χ4v) is 3.33. The Morgan fingerprint density at radius 1 is 1.12 bits per heavy atom. The van der Waals surface area contributed by atoms with Crippen molar-refractivity contribution in [2.24, 2.45) is 5.73 Å². The number of nitrogens with two attached hydrogens (primary N) is 1. The molecule has 3 nitrogen and oxygen atoms in total. The van der Waals surface area contributed by atoms with E-state index in [1.807, 2.05) is 0 Å². The highest BCUT2D eigenvalue weighted by Crippen LogP contribution is 2.31. The second-order valence-electron chi connectivity index (χ2n) is 5.84. The zero-order valence-corrected chi connectivity index (χ0v) is 10.8. The van der Waals surface area contributed by atoms with Crippen LogP contribution in [0.25, 0.3) is 0 Å². The molecule has 2 aliphatic rings. The lowest BCUT2D eigenvalue weighted by Crippen LogP contribution is -2.62. The number of hydrogen-bond donors (Lipinski definition) is 2. The average molecular weight is 225 g/mol. The van der Waals surface area contributed by atoms with Gasteiger partial charge >= 0.3 is 0 Å². The minimum atomic E-state index is 0.208. The normalized spacial score (nSPS) is 35.4. The summed E-state index contributed by atoms with van der Waals surface area (Å²) in [5.41, 5.74) is 9.98. The van der Waals surface area contributed by atoms with Crippen molar-refractivity contribution in [1.82, 2.24) is 10.4 Å². The van der Waals surface area contributed by atoms with Crippen molar-refractivity contribution < 1.29 is 0 Å². The molecule has 2 atom stereocenters. The van der Waals surface area contributed by atoms with Crippen LogP contribution in [0.4, 0.5) is 0 Å². The lowest BCUT2D eigenvalue weighted by Gasteiger charge is -2.45. The van der Waals surface area contributed by atoms with Crippen molar-refractivity contribution in [2.45, 2.75) is 76.4 Å².